The largest absolute Gasteiger partial charge is 0.446 e. The molecule has 2 amide bonds. The lowest BCUT2D eigenvalue weighted by Crippen LogP contribution is -2.43. The predicted molar refractivity (Wildman–Crippen MR) is 76.2 cm³/mol. The highest BCUT2D eigenvalue weighted by molar-refractivity contribution is 5.99. The molecule has 0 aromatic heterocycles. The third-order valence-corrected chi connectivity index (χ3v) is 3.76. The molecule has 0 unspecified atom stereocenters. The van der Waals surface area contributed by atoms with Gasteiger partial charge in [0.15, 0.2) is 6.04 Å². The maximum absolute atomic E-state index is 14.4. The molecule has 7 nitrogen and oxygen atoms in total. The number of nitrogens with zero attached hydrogens (tertiary/aromatic N) is 2. The van der Waals surface area contributed by atoms with Crippen molar-refractivity contribution in [3.05, 3.63) is 24.0 Å². The molecular formula is C14H16FN3O4. The van der Waals surface area contributed by atoms with Gasteiger partial charge in [-0.05, 0) is 18.2 Å². The van der Waals surface area contributed by atoms with Gasteiger partial charge in [-0.15, -0.1) is 0 Å². The Hall–Kier alpha value is -2.35. The molecule has 0 aliphatic carbocycles. The van der Waals surface area contributed by atoms with Gasteiger partial charge in [-0.1, -0.05) is 0 Å². The number of primary amides is 1. The zero-order valence-electron chi connectivity index (χ0n) is 11.8. The SMILES string of the molecule is NC(=O)[C@@H]1COC(=O)N1c1ccc(N2CCOCC2)c(F)c1. The predicted octanol–water partition coefficient (Wildman–Crippen LogP) is 0.473. The molecule has 2 aliphatic heterocycles. The van der Waals surface area contributed by atoms with Gasteiger partial charge in [-0.25, -0.2) is 9.18 Å². The van der Waals surface area contributed by atoms with Gasteiger partial charge >= 0.3 is 6.09 Å². The summed E-state index contributed by atoms with van der Waals surface area (Å²) < 4.78 is 24.4. The number of halogens is 1. The Balaban J connectivity index is 1.87. The Bertz CT molecular complexity index is 604. The fourth-order valence-corrected chi connectivity index (χ4v) is 2.62. The molecule has 1 aromatic rings. The van der Waals surface area contributed by atoms with Crippen LogP contribution in [-0.4, -0.2) is 51.0 Å². The van der Waals surface area contributed by atoms with Crippen LogP contribution >= 0.6 is 0 Å². The second-order valence-electron chi connectivity index (χ2n) is 5.10. The Morgan fingerprint density at radius 3 is 2.68 bits per heavy atom. The third-order valence-electron chi connectivity index (χ3n) is 3.76. The van der Waals surface area contributed by atoms with Crippen LogP contribution < -0.4 is 15.5 Å². The summed E-state index contributed by atoms with van der Waals surface area (Å²) in [6.45, 7) is 2.17. The summed E-state index contributed by atoms with van der Waals surface area (Å²) in [5.41, 5.74) is 5.93. The van der Waals surface area contributed by atoms with E-state index in [-0.39, 0.29) is 12.3 Å². The number of nitrogens with two attached hydrogens (primary N) is 1. The molecule has 118 valence electrons. The Morgan fingerprint density at radius 1 is 1.32 bits per heavy atom. The molecule has 2 N–H and O–H groups in total. The first kappa shape index (κ1) is 14.6. The zero-order valence-corrected chi connectivity index (χ0v) is 11.8. The summed E-state index contributed by atoms with van der Waals surface area (Å²) >= 11 is 0. The molecule has 2 fully saturated rings. The molecule has 0 saturated carbocycles. The van der Waals surface area contributed by atoms with Gasteiger partial charge in [0.2, 0.25) is 5.91 Å². The van der Waals surface area contributed by atoms with Crippen molar-refractivity contribution < 1.29 is 23.5 Å². The molecule has 3 rings (SSSR count). The summed E-state index contributed by atoms with van der Waals surface area (Å²) in [5.74, 6) is -1.16. The molecule has 0 radical (unpaired) electrons. The van der Waals surface area contributed by atoms with Crippen molar-refractivity contribution in [3.63, 3.8) is 0 Å². The second kappa shape index (κ2) is 5.80. The molecule has 2 heterocycles. The minimum absolute atomic E-state index is 0.124. The van der Waals surface area contributed by atoms with E-state index in [0.29, 0.717) is 32.0 Å². The fourth-order valence-electron chi connectivity index (χ4n) is 2.62. The van der Waals surface area contributed by atoms with Crippen LogP contribution in [0.2, 0.25) is 0 Å². The molecule has 22 heavy (non-hydrogen) atoms. The summed E-state index contributed by atoms with van der Waals surface area (Å²) in [5, 5.41) is 0. The monoisotopic (exact) mass is 309 g/mol. The van der Waals surface area contributed by atoms with Crippen LogP contribution in [0.4, 0.5) is 20.6 Å². The topological polar surface area (TPSA) is 85.1 Å². The Morgan fingerprint density at radius 2 is 2.05 bits per heavy atom. The van der Waals surface area contributed by atoms with E-state index in [1.807, 2.05) is 4.90 Å². The fraction of sp³-hybridized carbons (Fsp3) is 0.429. The van der Waals surface area contributed by atoms with Crippen LogP contribution in [0.15, 0.2) is 18.2 Å². The Labute approximate surface area is 126 Å². The van der Waals surface area contributed by atoms with Crippen molar-refractivity contribution in [1.82, 2.24) is 0 Å². The number of benzene rings is 1. The van der Waals surface area contributed by atoms with E-state index in [0.717, 1.165) is 4.90 Å². The minimum Gasteiger partial charge on any atom is -0.446 e. The third kappa shape index (κ3) is 2.57. The van der Waals surface area contributed by atoms with Gasteiger partial charge in [0.1, 0.15) is 12.4 Å². The van der Waals surface area contributed by atoms with E-state index >= 15 is 0 Å². The molecule has 1 atom stereocenters. The standard InChI is InChI=1S/C14H16FN3O4/c15-10-7-9(18-12(13(16)19)8-22-14(18)20)1-2-11(10)17-3-5-21-6-4-17/h1-2,7,12H,3-6,8H2,(H2,16,19)/t12-/m0/s1. The van der Waals surface area contributed by atoms with Crippen LogP contribution in [-0.2, 0) is 14.3 Å². The van der Waals surface area contributed by atoms with Gasteiger partial charge in [-0.3, -0.25) is 9.69 Å². The van der Waals surface area contributed by atoms with Gasteiger partial charge in [0, 0.05) is 13.1 Å². The lowest BCUT2D eigenvalue weighted by atomic mass is 10.2. The molecule has 0 spiro atoms. The van der Waals surface area contributed by atoms with E-state index < -0.39 is 23.9 Å². The molecule has 0 bridgehead atoms. The molecule has 2 saturated heterocycles. The maximum Gasteiger partial charge on any atom is 0.415 e. The highest BCUT2D eigenvalue weighted by Gasteiger charge is 2.38. The highest BCUT2D eigenvalue weighted by Crippen LogP contribution is 2.29. The number of rotatable bonds is 3. The number of anilines is 2. The first-order chi connectivity index (χ1) is 10.6. The van der Waals surface area contributed by atoms with E-state index in [1.54, 1.807) is 12.1 Å². The average Bonchev–Trinajstić information content (AvgIpc) is 2.90. The highest BCUT2D eigenvalue weighted by atomic mass is 19.1. The van der Waals surface area contributed by atoms with Crippen LogP contribution in [0.1, 0.15) is 0 Å². The van der Waals surface area contributed by atoms with E-state index in [1.165, 1.54) is 6.07 Å². The number of cyclic esters (lactones) is 1. The van der Waals surface area contributed by atoms with E-state index in [9.17, 15) is 14.0 Å². The van der Waals surface area contributed by atoms with Crippen molar-refractivity contribution >= 4 is 23.4 Å². The number of ether oxygens (including phenoxy) is 2. The smallest absolute Gasteiger partial charge is 0.415 e. The van der Waals surface area contributed by atoms with Gasteiger partial charge < -0.3 is 20.1 Å². The van der Waals surface area contributed by atoms with E-state index in [4.69, 9.17) is 15.2 Å². The van der Waals surface area contributed by atoms with Crippen molar-refractivity contribution in [2.75, 3.05) is 42.7 Å². The van der Waals surface area contributed by atoms with Gasteiger partial charge in [0.25, 0.3) is 0 Å². The quantitative estimate of drug-likeness (QED) is 0.877. The molecule has 2 aliphatic rings. The number of amides is 2. The molecule has 1 aromatic carbocycles. The minimum atomic E-state index is -0.916. The lowest BCUT2D eigenvalue weighted by Gasteiger charge is -2.29. The summed E-state index contributed by atoms with van der Waals surface area (Å²) in [7, 11) is 0. The average molecular weight is 309 g/mol. The summed E-state index contributed by atoms with van der Waals surface area (Å²) in [6, 6.07) is 3.46. The number of carbonyl (C=O) groups is 2. The van der Waals surface area contributed by atoms with Crippen molar-refractivity contribution in [2.24, 2.45) is 5.73 Å². The van der Waals surface area contributed by atoms with Crippen LogP contribution in [0.5, 0.6) is 0 Å². The number of morpholine rings is 1. The van der Waals surface area contributed by atoms with Crippen molar-refractivity contribution in [1.29, 1.82) is 0 Å². The summed E-state index contributed by atoms with van der Waals surface area (Å²) in [6.07, 6.45) is -0.706. The second-order valence-corrected chi connectivity index (χ2v) is 5.10. The lowest BCUT2D eigenvalue weighted by molar-refractivity contribution is -0.119. The number of hydrogen-bond acceptors (Lipinski definition) is 5. The van der Waals surface area contributed by atoms with Gasteiger partial charge in [-0.2, -0.15) is 0 Å². The first-order valence-corrected chi connectivity index (χ1v) is 6.95. The Kier molecular flexibility index (Phi) is 3.84. The normalized spacial score (nSPS) is 21.9. The zero-order chi connectivity index (χ0) is 15.7. The van der Waals surface area contributed by atoms with Crippen LogP contribution in [0, 0.1) is 5.82 Å². The van der Waals surface area contributed by atoms with Gasteiger partial charge in [0.05, 0.1) is 24.6 Å². The van der Waals surface area contributed by atoms with Crippen molar-refractivity contribution in [3.8, 4) is 0 Å². The maximum atomic E-state index is 14.4. The van der Waals surface area contributed by atoms with Crippen LogP contribution in [0.25, 0.3) is 0 Å². The van der Waals surface area contributed by atoms with Crippen LogP contribution in [0.3, 0.4) is 0 Å². The number of carbonyl (C=O) groups excluding carboxylic acids is 2. The summed E-state index contributed by atoms with van der Waals surface area (Å²) in [4.78, 5) is 26.0. The van der Waals surface area contributed by atoms with E-state index in [2.05, 4.69) is 0 Å². The van der Waals surface area contributed by atoms with Crippen molar-refractivity contribution in [2.45, 2.75) is 6.04 Å². The first-order valence-electron chi connectivity index (χ1n) is 6.95. The molecule has 8 heteroatoms. The molecular weight excluding hydrogens is 293 g/mol. The number of hydrogen-bond donors (Lipinski definition) is 1.